The second-order valence-corrected chi connectivity index (χ2v) is 7.67. The van der Waals surface area contributed by atoms with E-state index in [2.05, 4.69) is 20.3 Å². The van der Waals surface area contributed by atoms with Gasteiger partial charge in [-0.25, -0.2) is 14.1 Å². The Kier molecular flexibility index (Phi) is 4.56. The number of nitrogens with zero attached hydrogens (tertiary/aromatic N) is 5. The molecule has 0 aliphatic rings. The van der Waals surface area contributed by atoms with Crippen LogP contribution in [0.1, 0.15) is 16.4 Å². The Morgan fingerprint density at radius 1 is 1.23 bits per heavy atom. The number of aromatic nitrogens is 5. The molecule has 0 amide bonds. The zero-order valence-corrected chi connectivity index (χ0v) is 15.6. The highest BCUT2D eigenvalue weighted by Gasteiger charge is 2.15. The Bertz CT molecular complexity index is 1060. The van der Waals surface area contributed by atoms with Crippen LogP contribution in [-0.2, 0) is 5.75 Å². The molecule has 0 bridgehead atoms. The van der Waals surface area contributed by atoms with Crippen molar-refractivity contribution in [2.24, 2.45) is 0 Å². The van der Waals surface area contributed by atoms with Crippen molar-refractivity contribution in [3.8, 4) is 16.5 Å². The van der Waals surface area contributed by atoms with Crippen molar-refractivity contribution in [2.75, 3.05) is 0 Å². The predicted molar refractivity (Wildman–Crippen MR) is 98.0 cm³/mol. The summed E-state index contributed by atoms with van der Waals surface area (Å²) in [7, 11) is 0. The molecule has 0 aliphatic carbocycles. The molecule has 0 unspecified atom stereocenters. The van der Waals surface area contributed by atoms with E-state index in [0.29, 0.717) is 22.6 Å². The molecule has 0 fully saturated rings. The molecule has 0 saturated carbocycles. The fourth-order valence-electron chi connectivity index (χ4n) is 2.43. The van der Waals surface area contributed by atoms with Gasteiger partial charge in [-0.05, 0) is 38.1 Å². The summed E-state index contributed by atoms with van der Waals surface area (Å²) in [5.41, 5.74) is 2.41. The van der Waals surface area contributed by atoms with Crippen molar-refractivity contribution in [3.63, 3.8) is 0 Å². The van der Waals surface area contributed by atoms with Gasteiger partial charge < -0.3 is 4.42 Å². The van der Waals surface area contributed by atoms with Crippen LogP contribution in [0.5, 0.6) is 0 Å². The van der Waals surface area contributed by atoms with Gasteiger partial charge in [-0.3, -0.25) is 0 Å². The molecular weight excluding hydrogens is 373 g/mol. The standard InChI is InChI=1S/C17H14FN5OS2/c1-10-15(26-11(2)19-10)16-20-21-17(24-16)25-9-13-6-7-23(22-13)14-5-3-4-12(18)8-14/h3-8H,9H2,1-2H3. The van der Waals surface area contributed by atoms with Gasteiger partial charge in [0.05, 0.1) is 22.1 Å². The van der Waals surface area contributed by atoms with Gasteiger partial charge >= 0.3 is 0 Å². The summed E-state index contributed by atoms with van der Waals surface area (Å²) in [6, 6.07) is 8.18. The predicted octanol–water partition coefficient (Wildman–Crippen LogP) is 4.43. The van der Waals surface area contributed by atoms with Crippen LogP contribution in [0.25, 0.3) is 16.5 Å². The van der Waals surface area contributed by atoms with E-state index >= 15 is 0 Å². The zero-order chi connectivity index (χ0) is 18.1. The molecule has 0 saturated heterocycles. The van der Waals surface area contributed by atoms with E-state index in [9.17, 15) is 4.39 Å². The molecule has 0 spiro atoms. The molecule has 0 N–H and O–H groups in total. The lowest BCUT2D eigenvalue weighted by atomic mass is 10.3. The minimum Gasteiger partial charge on any atom is -0.410 e. The van der Waals surface area contributed by atoms with E-state index < -0.39 is 0 Å². The average Bonchev–Trinajstić information content (AvgIpc) is 3.33. The summed E-state index contributed by atoms with van der Waals surface area (Å²) in [4.78, 5) is 5.27. The molecule has 6 nitrogen and oxygen atoms in total. The number of thioether (sulfide) groups is 1. The molecule has 0 radical (unpaired) electrons. The van der Waals surface area contributed by atoms with Crippen LogP contribution in [0.3, 0.4) is 0 Å². The minimum atomic E-state index is -0.291. The molecule has 9 heteroatoms. The molecule has 0 atom stereocenters. The molecule has 26 heavy (non-hydrogen) atoms. The van der Waals surface area contributed by atoms with E-state index in [0.717, 1.165) is 21.3 Å². The molecule has 132 valence electrons. The monoisotopic (exact) mass is 387 g/mol. The Hall–Kier alpha value is -2.52. The first-order chi connectivity index (χ1) is 12.6. The highest BCUT2D eigenvalue weighted by molar-refractivity contribution is 7.98. The van der Waals surface area contributed by atoms with Crippen LogP contribution >= 0.6 is 23.1 Å². The minimum absolute atomic E-state index is 0.291. The summed E-state index contributed by atoms with van der Waals surface area (Å²) >= 11 is 2.94. The maximum atomic E-state index is 13.3. The Morgan fingerprint density at radius 3 is 2.88 bits per heavy atom. The van der Waals surface area contributed by atoms with Crippen LogP contribution in [0, 0.1) is 19.7 Å². The zero-order valence-electron chi connectivity index (χ0n) is 14.0. The van der Waals surface area contributed by atoms with Gasteiger partial charge in [0.25, 0.3) is 11.1 Å². The van der Waals surface area contributed by atoms with Gasteiger partial charge in [-0.1, -0.05) is 17.8 Å². The van der Waals surface area contributed by atoms with Crippen LogP contribution in [-0.4, -0.2) is 25.0 Å². The summed E-state index contributed by atoms with van der Waals surface area (Å²) in [6.07, 6.45) is 1.80. The first-order valence-electron chi connectivity index (χ1n) is 7.80. The van der Waals surface area contributed by atoms with Gasteiger partial charge in [0.15, 0.2) is 0 Å². The summed E-state index contributed by atoms with van der Waals surface area (Å²) in [5, 5.41) is 14.1. The molecule has 3 aromatic heterocycles. The van der Waals surface area contributed by atoms with Crippen LogP contribution < -0.4 is 0 Å². The number of aryl methyl sites for hydroxylation is 2. The van der Waals surface area contributed by atoms with Gasteiger partial charge in [0.2, 0.25) is 0 Å². The SMILES string of the molecule is Cc1nc(C)c(-c2nnc(SCc3ccn(-c4cccc(F)c4)n3)o2)s1. The highest BCUT2D eigenvalue weighted by atomic mass is 32.2. The summed E-state index contributed by atoms with van der Waals surface area (Å²) in [5.74, 6) is 0.770. The maximum Gasteiger partial charge on any atom is 0.277 e. The number of benzene rings is 1. The fourth-order valence-corrected chi connectivity index (χ4v) is 3.93. The van der Waals surface area contributed by atoms with Gasteiger partial charge in [0.1, 0.15) is 10.7 Å². The first kappa shape index (κ1) is 16.9. The van der Waals surface area contributed by atoms with Crippen molar-refractivity contribution in [3.05, 3.63) is 58.7 Å². The van der Waals surface area contributed by atoms with E-state index in [1.807, 2.05) is 19.9 Å². The second-order valence-electron chi connectivity index (χ2n) is 5.54. The molecule has 4 aromatic rings. The smallest absolute Gasteiger partial charge is 0.277 e. The van der Waals surface area contributed by atoms with E-state index in [4.69, 9.17) is 4.42 Å². The lowest BCUT2D eigenvalue weighted by molar-refractivity contribution is 0.466. The second kappa shape index (κ2) is 7.00. The molecule has 0 aliphatic heterocycles. The van der Waals surface area contributed by atoms with Gasteiger partial charge in [-0.2, -0.15) is 5.10 Å². The van der Waals surface area contributed by atoms with Gasteiger partial charge in [-0.15, -0.1) is 21.5 Å². The van der Waals surface area contributed by atoms with Crippen molar-refractivity contribution in [1.29, 1.82) is 0 Å². The lowest BCUT2D eigenvalue weighted by Gasteiger charge is -2.00. The van der Waals surface area contributed by atoms with Crippen molar-refractivity contribution < 1.29 is 8.81 Å². The third-order valence-corrected chi connectivity index (χ3v) is 5.48. The maximum absolute atomic E-state index is 13.3. The molecular formula is C17H14FN5OS2. The lowest BCUT2D eigenvalue weighted by Crippen LogP contribution is -1.96. The van der Waals surface area contributed by atoms with E-state index in [1.54, 1.807) is 23.0 Å². The van der Waals surface area contributed by atoms with E-state index in [1.165, 1.54) is 35.2 Å². The van der Waals surface area contributed by atoms with Crippen LogP contribution in [0.2, 0.25) is 0 Å². The third kappa shape index (κ3) is 3.54. The van der Waals surface area contributed by atoms with E-state index in [-0.39, 0.29) is 5.82 Å². The Morgan fingerprint density at radius 2 is 2.12 bits per heavy atom. The number of thiazole rings is 1. The van der Waals surface area contributed by atoms with Crippen molar-refractivity contribution >= 4 is 23.1 Å². The first-order valence-corrected chi connectivity index (χ1v) is 9.60. The van der Waals surface area contributed by atoms with Crippen LogP contribution in [0.15, 0.2) is 46.2 Å². The number of hydrogen-bond donors (Lipinski definition) is 0. The summed E-state index contributed by atoms with van der Waals surface area (Å²) < 4.78 is 20.7. The number of rotatable bonds is 5. The molecule has 3 heterocycles. The molecule has 1 aromatic carbocycles. The van der Waals surface area contributed by atoms with Crippen molar-refractivity contribution in [1.82, 2.24) is 25.0 Å². The summed E-state index contributed by atoms with van der Waals surface area (Å²) in [6.45, 7) is 3.87. The highest BCUT2D eigenvalue weighted by Crippen LogP contribution is 2.31. The molecule has 4 rings (SSSR count). The largest absolute Gasteiger partial charge is 0.410 e. The van der Waals surface area contributed by atoms with Gasteiger partial charge in [0, 0.05) is 11.9 Å². The third-order valence-electron chi connectivity index (χ3n) is 3.56. The Balaban J connectivity index is 1.44. The number of halogens is 1. The average molecular weight is 387 g/mol. The topological polar surface area (TPSA) is 69.6 Å². The van der Waals surface area contributed by atoms with Crippen LogP contribution in [0.4, 0.5) is 4.39 Å². The van der Waals surface area contributed by atoms with Crippen molar-refractivity contribution in [2.45, 2.75) is 24.8 Å². The fraction of sp³-hybridized carbons (Fsp3) is 0.176. The normalized spacial score (nSPS) is 11.2. The quantitative estimate of drug-likeness (QED) is 0.472. The Labute approximate surface area is 157 Å². The number of hydrogen-bond acceptors (Lipinski definition) is 7.